The highest BCUT2D eigenvalue weighted by Gasteiger charge is 2.27. The first-order chi connectivity index (χ1) is 7.61. The van der Waals surface area contributed by atoms with Crippen molar-refractivity contribution < 1.29 is 14.3 Å². The van der Waals surface area contributed by atoms with Gasteiger partial charge in [-0.2, -0.15) is 5.26 Å². The molecule has 0 saturated carbocycles. The minimum absolute atomic E-state index is 0.264. The topological polar surface area (TPSA) is 67.2 Å². The number of benzene rings is 1. The van der Waals surface area contributed by atoms with Gasteiger partial charge in [0.05, 0.1) is 18.7 Å². The van der Waals surface area contributed by atoms with Crippen molar-refractivity contribution in [3.63, 3.8) is 0 Å². The van der Waals surface area contributed by atoms with Crippen molar-refractivity contribution in [3.8, 4) is 6.07 Å². The lowest BCUT2D eigenvalue weighted by atomic mass is 10.0. The van der Waals surface area contributed by atoms with Gasteiger partial charge in [0.2, 0.25) is 0 Å². The third kappa shape index (κ3) is 2.38. The van der Waals surface area contributed by atoms with Gasteiger partial charge < -0.3 is 4.74 Å². The summed E-state index contributed by atoms with van der Waals surface area (Å²) in [5, 5.41) is 7.62. The van der Waals surface area contributed by atoms with E-state index >= 15 is 0 Å². The van der Waals surface area contributed by atoms with Gasteiger partial charge in [-0.15, -0.1) is 11.6 Å². The molecule has 0 saturated heterocycles. The van der Waals surface area contributed by atoms with Crippen LogP contribution in [0.2, 0.25) is 0 Å². The van der Waals surface area contributed by atoms with Crippen molar-refractivity contribution in [2.45, 2.75) is 5.38 Å². The Morgan fingerprint density at radius 2 is 2.06 bits per heavy atom. The maximum Gasteiger partial charge on any atom is 0.376 e. The van der Waals surface area contributed by atoms with Crippen LogP contribution >= 0.6 is 11.6 Å². The standard InChI is InChI=1S/C11H8ClNO3/c1-16-11(15)10(14)9(12)8-5-3-2-4-7(8)6-13/h2-5,9H,1H3. The third-order valence-corrected chi connectivity index (χ3v) is 2.40. The van der Waals surface area contributed by atoms with Crippen molar-refractivity contribution >= 4 is 23.4 Å². The summed E-state index contributed by atoms with van der Waals surface area (Å²) in [4.78, 5) is 22.4. The molecule has 16 heavy (non-hydrogen) atoms. The molecule has 5 heteroatoms. The zero-order chi connectivity index (χ0) is 12.1. The van der Waals surface area contributed by atoms with Crippen LogP contribution in [0.25, 0.3) is 0 Å². The number of carbonyl (C=O) groups excluding carboxylic acids is 2. The lowest BCUT2D eigenvalue weighted by molar-refractivity contribution is -0.151. The number of rotatable bonds is 3. The molecular weight excluding hydrogens is 230 g/mol. The molecule has 1 unspecified atom stereocenters. The molecule has 0 radical (unpaired) electrons. The highest BCUT2D eigenvalue weighted by atomic mass is 35.5. The van der Waals surface area contributed by atoms with E-state index in [1.54, 1.807) is 12.1 Å². The second-order valence-electron chi connectivity index (χ2n) is 2.92. The molecule has 1 aromatic rings. The number of methoxy groups -OCH3 is 1. The molecule has 1 aromatic carbocycles. The quantitative estimate of drug-likeness (QED) is 0.455. The molecule has 0 fully saturated rings. The SMILES string of the molecule is COC(=O)C(=O)C(Cl)c1ccccc1C#N. The summed E-state index contributed by atoms with van der Waals surface area (Å²) in [6.45, 7) is 0. The molecule has 0 aliphatic rings. The molecule has 1 rings (SSSR count). The van der Waals surface area contributed by atoms with Crippen molar-refractivity contribution in [3.05, 3.63) is 35.4 Å². The fourth-order valence-corrected chi connectivity index (χ4v) is 1.44. The van der Waals surface area contributed by atoms with Gasteiger partial charge in [0.25, 0.3) is 5.78 Å². The monoisotopic (exact) mass is 237 g/mol. The van der Waals surface area contributed by atoms with Crippen molar-refractivity contribution in [1.29, 1.82) is 5.26 Å². The van der Waals surface area contributed by atoms with E-state index in [1.165, 1.54) is 12.1 Å². The lowest BCUT2D eigenvalue weighted by Gasteiger charge is -2.08. The molecule has 0 aromatic heterocycles. The first kappa shape index (κ1) is 12.2. The summed E-state index contributed by atoms with van der Waals surface area (Å²) < 4.78 is 4.27. The largest absolute Gasteiger partial charge is 0.463 e. The van der Waals surface area contributed by atoms with Crippen LogP contribution in [-0.2, 0) is 14.3 Å². The van der Waals surface area contributed by atoms with Crippen LogP contribution in [0.5, 0.6) is 0 Å². The first-order valence-corrected chi connectivity index (χ1v) is 4.80. The van der Waals surface area contributed by atoms with E-state index in [9.17, 15) is 9.59 Å². The van der Waals surface area contributed by atoms with Gasteiger partial charge in [-0.25, -0.2) is 4.79 Å². The van der Waals surface area contributed by atoms with Gasteiger partial charge in [0.15, 0.2) is 0 Å². The van der Waals surface area contributed by atoms with E-state index in [0.29, 0.717) is 5.56 Å². The van der Waals surface area contributed by atoms with E-state index in [1.807, 2.05) is 6.07 Å². The van der Waals surface area contributed by atoms with E-state index in [0.717, 1.165) is 7.11 Å². The predicted molar refractivity (Wildman–Crippen MR) is 56.8 cm³/mol. The van der Waals surface area contributed by atoms with Gasteiger partial charge in [0.1, 0.15) is 5.38 Å². The number of carbonyl (C=O) groups is 2. The zero-order valence-corrected chi connectivity index (χ0v) is 9.19. The average Bonchev–Trinajstić information content (AvgIpc) is 2.35. The number of nitrogens with zero attached hydrogens (tertiary/aromatic N) is 1. The fourth-order valence-electron chi connectivity index (χ4n) is 1.17. The van der Waals surface area contributed by atoms with Gasteiger partial charge in [-0.05, 0) is 11.6 Å². The Morgan fingerprint density at radius 3 is 2.62 bits per heavy atom. The van der Waals surface area contributed by atoms with Crippen molar-refractivity contribution in [1.82, 2.24) is 0 Å². The van der Waals surface area contributed by atoms with Gasteiger partial charge >= 0.3 is 5.97 Å². The second-order valence-corrected chi connectivity index (χ2v) is 3.35. The fraction of sp³-hybridized carbons (Fsp3) is 0.182. The van der Waals surface area contributed by atoms with E-state index < -0.39 is 17.1 Å². The Kier molecular flexibility index (Phi) is 4.03. The molecule has 82 valence electrons. The second kappa shape index (κ2) is 5.29. The maximum absolute atomic E-state index is 11.4. The Morgan fingerprint density at radius 1 is 1.44 bits per heavy atom. The lowest BCUT2D eigenvalue weighted by Crippen LogP contribution is -2.20. The summed E-state index contributed by atoms with van der Waals surface area (Å²) in [6, 6.07) is 8.23. The van der Waals surface area contributed by atoms with Crippen LogP contribution in [0.4, 0.5) is 0 Å². The Labute approximate surface area is 97.4 Å². The molecule has 0 amide bonds. The van der Waals surface area contributed by atoms with E-state index in [-0.39, 0.29) is 5.56 Å². The van der Waals surface area contributed by atoms with Gasteiger partial charge in [-0.1, -0.05) is 18.2 Å². The number of hydrogen-bond donors (Lipinski definition) is 0. The van der Waals surface area contributed by atoms with E-state index in [2.05, 4.69) is 4.74 Å². The molecular formula is C11H8ClNO3. The number of halogens is 1. The highest BCUT2D eigenvalue weighted by molar-refractivity contribution is 6.47. The van der Waals surface area contributed by atoms with Crippen molar-refractivity contribution in [2.24, 2.45) is 0 Å². The van der Waals surface area contributed by atoms with Crippen LogP contribution in [-0.4, -0.2) is 18.9 Å². The summed E-state index contributed by atoms with van der Waals surface area (Å²) in [5.74, 6) is -1.90. The summed E-state index contributed by atoms with van der Waals surface area (Å²) in [7, 11) is 1.10. The molecule has 4 nitrogen and oxygen atoms in total. The minimum Gasteiger partial charge on any atom is -0.463 e. The van der Waals surface area contributed by atoms with Crippen LogP contribution in [0.3, 0.4) is 0 Å². The molecule has 0 spiro atoms. The average molecular weight is 238 g/mol. The predicted octanol–water partition coefficient (Wildman–Crippen LogP) is 1.58. The number of esters is 1. The number of ether oxygens (including phenoxy) is 1. The molecule has 0 aliphatic heterocycles. The Balaban J connectivity index is 3.06. The van der Waals surface area contributed by atoms with Crippen LogP contribution < -0.4 is 0 Å². The molecule has 1 atom stereocenters. The highest BCUT2D eigenvalue weighted by Crippen LogP contribution is 2.24. The minimum atomic E-state index is -1.19. The van der Waals surface area contributed by atoms with Crippen LogP contribution in [0.1, 0.15) is 16.5 Å². The van der Waals surface area contributed by atoms with Gasteiger partial charge in [0, 0.05) is 0 Å². The summed E-state index contributed by atoms with van der Waals surface area (Å²) in [6.07, 6.45) is 0. The number of Topliss-reactive ketones (excluding diaryl/α,β-unsaturated/α-hetero) is 1. The molecule has 0 heterocycles. The summed E-state index contributed by atoms with van der Waals surface area (Å²) in [5.41, 5.74) is 0.571. The Hall–Kier alpha value is -1.86. The van der Waals surface area contributed by atoms with Gasteiger partial charge in [-0.3, -0.25) is 4.79 Å². The van der Waals surface area contributed by atoms with Crippen LogP contribution in [0, 0.1) is 11.3 Å². The first-order valence-electron chi connectivity index (χ1n) is 4.37. The van der Waals surface area contributed by atoms with Crippen molar-refractivity contribution in [2.75, 3.05) is 7.11 Å². The normalized spacial score (nSPS) is 11.3. The number of nitriles is 1. The molecule has 0 bridgehead atoms. The number of ketones is 1. The number of hydrogen-bond acceptors (Lipinski definition) is 4. The smallest absolute Gasteiger partial charge is 0.376 e. The molecule has 0 N–H and O–H groups in total. The zero-order valence-electron chi connectivity index (χ0n) is 8.44. The number of alkyl halides is 1. The van der Waals surface area contributed by atoms with E-state index in [4.69, 9.17) is 16.9 Å². The van der Waals surface area contributed by atoms with Crippen LogP contribution in [0.15, 0.2) is 24.3 Å². The molecule has 0 aliphatic carbocycles. The Bertz CT molecular complexity index is 465. The third-order valence-electron chi connectivity index (χ3n) is 1.97. The maximum atomic E-state index is 11.4. The summed E-state index contributed by atoms with van der Waals surface area (Å²) >= 11 is 5.81.